The number of hydrogen-bond acceptors (Lipinski definition) is 10. The molecule has 0 saturated carbocycles. The summed E-state index contributed by atoms with van der Waals surface area (Å²) in [5.41, 5.74) is 16.4. The highest BCUT2D eigenvalue weighted by atomic mass is 19.1. The summed E-state index contributed by atoms with van der Waals surface area (Å²) in [6, 6.07) is 7.92. The molecule has 44 heavy (non-hydrogen) atoms. The number of benzene rings is 1. The summed E-state index contributed by atoms with van der Waals surface area (Å²) in [5.74, 6) is 0.881. The molecule has 3 aromatic rings. The summed E-state index contributed by atoms with van der Waals surface area (Å²) in [5, 5.41) is 10.2. The Kier molecular flexibility index (Phi) is 7.84. The Bertz CT molecular complexity index is 1620. The molecular formula is C33H42FN9O. The van der Waals surface area contributed by atoms with Crippen LogP contribution in [0, 0.1) is 17.1 Å². The first-order valence-corrected chi connectivity index (χ1v) is 15.5. The number of hydrogen-bond donors (Lipinski definition) is 2. The van der Waals surface area contributed by atoms with Gasteiger partial charge in [-0.25, -0.2) is 9.37 Å². The highest BCUT2D eigenvalue weighted by Crippen LogP contribution is 2.50. The first-order chi connectivity index (χ1) is 21.1. The minimum atomic E-state index is -0.639. The monoisotopic (exact) mass is 599 g/mol. The molecule has 11 heteroatoms. The lowest BCUT2D eigenvalue weighted by atomic mass is 9.68. The van der Waals surface area contributed by atoms with E-state index in [2.05, 4.69) is 46.6 Å². The second-order valence-electron chi connectivity index (χ2n) is 12.7. The fourth-order valence-electron chi connectivity index (χ4n) is 7.73. The number of nitrogens with two attached hydrogens (primary N) is 2. The highest BCUT2D eigenvalue weighted by Gasteiger charge is 2.48. The van der Waals surface area contributed by atoms with E-state index in [0.29, 0.717) is 47.9 Å². The average Bonchev–Trinajstić information content (AvgIpc) is 3.43. The van der Waals surface area contributed by atoms with Crippen molar-refractivity contribution in [3.63, 3.8) is 0 Å². The van der Waals surface area contributed by atoms with Crippen molar-refractivity contribution >= 4 is 17.3 Å². The molecule has 0 unspecified atom stereocenters. The van der Waals surface area contributed by atoms with Gasteiger partial charge in [0.1, 0.15) is 29.6 Å². The maximum atomic E-state index is 15.4. The molecule has 6 rings (SSSR count). The van der Waals surface area contributed by atoms with Gasteiger partial charge in [-0.3, -0.25) is 9.80 Å². The van der Waals surface area contributed by atoms with Gasteiger partial charge < -0.3 is 21.1 Å². The molecule has 10 nitrogen and oxygen atoms in total. The third kappa shape index (κ3) is 4.90. The fraction of sp³-hybridized carbons (Fsp3) is 0.515. The van der Waals surface area contributed by atoms with Crippen molar-refractivity contribution in [2.24, 2.45) is 0 Å². The van der Waals surface area contributed by atoms with E-state index in [1.54, 1.807) is 6.20 Å². The summed E-state index contributed by atoms with van der Waals surface area (Å²) in [6.07, 6.45) is 6.36. The second-order valence-corrected chi connectivity index (χ2v) is 12.7. The van der Waals surface area contributed by atoms with Crippen LogP contribution in [0.2, 0.25) is 0 Å². The predicted molar refractivity (Wildman–Crippen MR) is 169 cm³/mol. The summed E-state index contributed by atoms with van der Waals surface area (Å²) in [6.45, 7) is 5.70. The molecule has 0 amide bonds. The van der Waals surface area contributed by atoms with Gasteiger partial charge in [0.15, 0.2) is 0 Å². The Morgan fingerprint density at radius 1 is 1.20 bits per heavy atom. The van der Waals surface area contributed by atoms with Crippen molar-refractivity contribution < 1.29 is 9.13 Å². The maximum absolute atomic E-state index is 15.4. The van der Waals surface area contributed by atoms with Crippen LogP contribution in [-0.2, 0) is 24.9 Å². The molecule has 0 bridgehead atoms. The molecule has 2 aromatic heterocycles. The summed E-state index contributed by atoms with van der Waals surface area (Å²) >= 11 is 0. The number of pyridine rings is 1. The molecule has 3 aliphatic rings. The van der Waals surface area contributed by atoms with Gasteiger partial charge in [-0.05, 0) is 89.9 Å². The number of ether oxygens (including phenoxy) is 1. The number of likely N-dealkylation sites (N-methyl/N-ethyl adjacent to an activating group) is 2. The van der Waals surface area contributed by atoms with Crippen LogP contribution < -0.4 is 21.1 Å². The van der Waals surface area contributed by atoms with Gasteiger partial charge in [0.05, 0.1) is 28.5 Å². The van der Waals surface area contributed by atoms with Crippen molar-refractivity contribution in [2.75, 3.05) is 44.1 Å². The zero-order valence-corrected chi connectivity index (χ0v) is 26.3. The van der Waals surface area contributed by atoms with Gasteiger partial charge in [-0.1, -0.05) is 6.07 Å². The lowest BCUT2D eigenvalue weighted by molar-refractivity contribution is 0.0701. The molecule has 232 valence electrons. The quantitative estimate of drug-likeness (QED) is 0.395. The van der Waals surface area contributed by atoms with Crippen LogP contribution >= 0.6 is 0 Å². The third-order valence-electron chi connectivity index (χ3n) is 10.3. The number of nitrogens with zero attached hydrogens (tertiary/aromatic N) is 7. The topological polar surface area (TPSA) is 133 Å². The van der Waals surface area contributed by atoms with Crippen molar-refractivity contribution in [3.05, 3.63) is 63.7 Å². The lowest BCUT2D eigenvalue weighted by Crippen LogP contribution is -2.51. The van der Waals surface area contributed by atoms with Crippen LogP contribution in [0.4, 0.5) is 21.7 Å². The van der Waals surface area contributed by atoms with Crippen LogP contribution in [0.5, 0.6) is 6.01 Å². The number of aromatic nitrogens is 3. The molecule has 1 spiro atoms. The standard InChI is InChI=1S/C33H42FN9O/c1-19(21-10-7-13-38-30(21)37)43(5)31-24-18-42(4)33(12-6-9-22-25(34)15-26(36)23(17-35)29(22)33)16-27(24)39-32(40-31)44-20(2)28-11-8-14-41(28)3/h7,10,13,15,19-20,28H,6,8-9,11-12,14,16,18,36H2,1-5H3,(H2,37,38)/t19-,20+,28+,33-/m1/s1. The molecule has 0 radical (unpaired) electrons. The number of likely N-dealkylation sites (tertiary alicyclic amines) is 1. The number of fused-ring (bicyclic) bond motifs is 3. The van der Waals surface area contributed by atoms with Gasteiger partial charge in [0, 0.05) is 43.4 Å². The van der Waals surface area contributed by atoms with Gasteiger partial charge in [-0.2, -0.15) is 15.2 Å². The molecule has 2 aliphatic heterocycles. The SMILES string of the molecule is C[C@H](Oc1nc2c(c(N(C)[C@H](C)c3cccnc3N)n1)CN(C)[C@]1(CCCc3c(F)cc(N)c(C#N)c31)C2)[C@@H]1CCCN1C. The van der Waals surface area contributed by atoms with Gasteiger partial charge in [0.25, 0.3) is 0 Å². The van der Waals surface area contributed by atoms with Crippen molar-refractivity contribution in [1.29, 1.82) is 5.26 Å². The van der Waals surface area contributed by atoms with Gasteiger partial charge in [0.2, 0.25) is 0 Å². The molecule has 4 heterocycles. The molecule has 1 aromatic carbocycles. The first kappa shape index (κ1) is 30.0. The van der Waals surface area contributed by atoms with Gasteiger partial charge in [-0.15, -0.1) is 0 Å². The van der Waals surface area contributed by atoms with Crippen LogP contribution in [0.25, 0.3) is 0 Å². The summed E-state index contributed by atoms with van der Waals surface area (Å²) in [7, 11) is 6.17. The molecule has 4 N–H and O–H groups in total. The Balaban J connectivity index is 1.48. The zero-order chi connectivity index (χ0) is 31.3. The van der Waals surface area contributed by atoms with E-state index < -0.39 is 5.54 Å². The average molecular weight is 600 g/mol. The molecule has 1 fully saturated rings. The van der Waals surface area contributed by atoms with E-state index in [4.69, 9.17) is 26.2 Å². The number of nitrogen functional groups attached to an aromatic ring is 2. The second kappa shape index (κ2) is 11.5. The fourth-order valence-corrected chi connectivity index (χ4v) is 7.73. The Morgan fingerprint density at radius 3 is 2.70 bits per heavy atom. The minimum Gasteiger partial charge on any atom is -0.459 e. The predicted octanol–water partition coefficient (Wildman–Crippen LogP) is 4.33. The Morgan fingerprint density at radius 2 is 2.00 bits per heavy atom. The van der Waals surface area contributed by atoms with E-state index in [1.165, 1.54) is 6.07 Å². The van der Waals surface area contributed by atoms with Crippen LogP contribution in [-0.4, -0.2) is 64.6 Å². The largest absolute Gasteiger partial charge is 0.459 e. The Labute approximate surface area is 258 Å². The smallest absolute Gasteiger partial charge is 0.318 e. The highest BCUT2D eigenvalue weighted by molar-refractivity contribution is 5.64. The molecular weight excluding hydrogens is 557 g/mol. The molecule has 1 aliphatic carbocycles. The number of halogens is 1. The number of nitriles is 1. The minimum absolute atomic E-state index is 0.111. The van der Waals surface area contributed by atoms with E-state index in [0.717, 1.165) is 54.9 Å². The van der Waals surface area contributed by atoms with Crippen LogP contribution in [0.3, 0.4) is 0 Å². The zero-order valence-electron chi connectivity index (χ0n) is 26.3. The van der Waals surface area contributed by atoms with E-state index >= 15 is 4.39 Å². The normalized spacial score (nSPS) is 23.1. The van der Waals surface area contributed by atoms with E-state index in [9.17, 15) is 5.26 Å². The summed E-state index contributed by atoms with van der Waals surface area (Å²) in [4.78, 5) is 21.0. The first-order valence-electron chi connectivity index (χ1n) is 15.5. The molecule has 1 saturated heterocycles. The maximum Gasteiger partial charge on any atom is 0.318 e. The van der Waals surface area contributed by atoms with Crippen molar-refractivity contribution in [1.82, 2.24) is 24.8 Å². The number of anilines is 3. The Hall–Kier alpha value is -4.01. The number of rotatable bonds is 6. The summed E-state index contributed by atoms with van der Waals surface area (Å²) < 4.78 is 21.9. The van der Waals surface area contributed by atoms with Crippen molar-refractivity contribution in [2.45, 2.75) is 82.6 Å². The van der Waals surface area contributed by atoms with Crippen molar-refractivity contribution in [3.8, 4) is 12.1 Å². The van der Waals surface area contributed by atoms with Crippen LogP contribution in [0.1, 0.15) is 79.1 Å². The van der Waals surface area contributed by atoms with Crippen LogP contribution in [0.15, 0.2) is 24.4 Å². The van der Waals surface area contributed by atoms with E-state index in [1.807, 2.05) is 26.2 Å². The lowest BCUT2D eigenvalue weighted by Gasteiger charge is -2.50. The van der Waals surface area contributed by atoms with E-state index in [-0.39, 0.29) is 29.7 Å². The molecule has 4 atom stereocenters. The van der Waals surface area contributed by atoms with Gasteiger partial charge >= 0.3 is 6.01 Å². The third-order valence-corrected chi connectivity index (χ3v) is 10.3.